The third-order valence-electron chi connectivity index (χ3n) is 2.04. The summed E-state index contributed by atoms with van der Waals surface area (Å²) in [6.45, 7) is 4.67. The first-order chi connectivity index (χ1) is 6.40. The third kappa shape index (κ3) is 1.69. The third-order valence-corrected chi connectivity index (χ3v) is 2.04. The summed E-state index contributed by atoms with van der Waals surface area (Å²) in [4.78, 5) is 0. The van der Waals surface area contributed by atoms with Crippen LogP contribution >= 0.6 is 0 Å². The smallest absolute Gasteiger partial charge is 0.144 e. The van der Waals surface area contributed by atoms with E-state index < -0.39 is 0 Å². The van der Waals surface area contributed by atoms with Crippen LogP contribution in [0.1, 0.15) is 6.92 Å². The van der Waals surface area contributed by atoms with Crippen LogP contribution in [0.4, 0.5) is 11.4 Å². The molecule has 0 bridgehead atoms. The monoisotopic (exact) mass is 178 g/mol. The van der Waals surface area contributed by atoms with E-state index in [1.54, 1.807) is 0 Å². The quantitative estimate of drug-likeness (QED) is 0.726. The Labute approximate surface area is 78.1 Å². The summed E-state index contributed by atoms with van der Waals surface area (Å²) in [6.07, 6.45) is 0. The lowest BCUT2D eigenvalue weighted by Crippen LogP contribution is -2.18. The molecule has 70 valence electrons. The zero-order valence-electron chi connectivity index (χ0n) is 7.76. The molecule has 0 spiro atoms. The SMILES string of the molecule is CCNc1ccc2c(c1)OCCN2. The molecule has 0 atom stereocenters. The predicted octanol–water partition coefficient (Wildman–Crippen LogP) is 1.92. The Hall–Kier alpha value is -1.38. The van der Waals surface area contributed by atoms with Crippen LogP contribution in [0.5, 0.6) is 5.75 Å². The van der Waals surface area contributed by atoms with Gasteiger partial charge in [-0.3, -0.25) is 0 Å². The van der Waals surface area contributed by atoms with Gasteiger partial charge in [-0.25, -0.2) is 0 Å². The number of benzene rings is 1. The van der Waals surface area contributed by atoms with Crippen LogP contribution in [0.2, 0.25) is 0 Å². The normalized spacial score (nSPS) is 13.9. The van der Waals surface area contributed by atoms with Crippen molar-refractivity contribution in [2.45, 2.75) is 6.92 Å². The molecule has 13 heavy (non-hydrogen) atoms. The van der Waals surface area contributed by atoms with E-state index in [4.69, 9.17) is 4.74 Å². The summed E-state index contributed by atoms with van der Waals surface area (Å²) in [5, 5.41) is 6.53. The highest BCUT2D eigenvalue weighted by Crippen LogP contribution is 2.29. The number of rotatable bonds is 2. The number of anilines is 2. The van der Waals surface area contributed by atoms with Gasteiger partial charge in [0.25, 0.3) is 0 Å². The molecular formula is C10H14N2O. The van der Waals surface area contributed by atoms with E-state index in [1.807, 2.05) is 12.1 Å². The number of fused-ring (bicyclic) bond motifs is 1. The molecule has 1 aromatic rings. The highest BCUT2D eigenvalue weighted by molar-refractivity contribution is 5.64. The van der Waals surface area contributed by atoms with Crippen molar-refractivity contribution in [3.05, 3.63) is 18.2 Å². The van der Waals surface area contributed by atoms with Gasteiger partial charge in [0.2, 0.25) is 0 Å². The molecular weight excluding hydrogens is 164 g/mol. The molecule has 1 aromatic carbocycles. The summed E-state index contributed by atoms with van der Waals surface area (Å²) >= 11 is 0. The lowest BCUT2D eigenvalue weighted by molar-refractivity contribution is 0.323. The number of hydrogen-bond acceptors (Lipinski definition) is 3. The van der Waals surface area contributed by atoms with E-state index in [9.17, 15) is 0 Å². The van der Waals surface area contributed by atoms with Crippen molar-refractivity contribution in [2.24, 2.45) is 0 Å². The molecule has 0 radical (unpaired) electrons. The molecule has 0 unspecified atom stereocenters. The molecule has 0 fully saturated rings. The van der Waals surface area contributed by atoms with Gasteiger partial charge < -0.3 is 15.4 Å². The Bertz CT molecular complexity index is 299. The molecule has 1 heterocycles. The van der Waals surface area contributed by atoms with Crippen molar-refractivity contribution in [3.8, 4) is 5.75 Å². The summed E-state index contributed by atoms with van der Waals surface area (Å²) in [7, 11) is 0. The predicted molar refractivity (Wildman–Crippen MR) is 54.6 cm³/mol. The number of nitrogens with one attached hydrogen (secondary N) is 2. The van der Waals surface area contributed by atoms with Crippen LogP contribution in [0.25, 0.3) is 0 Å². The molecule has 2 rings (SSSR count). The average Bonchev–Trinajstić information content (AvgIpc) is 2.18. The van der Waals surface area contributed by atoms with E-state index in [-0.39, 0.29) is 0 Å². The van der Waals surface area contributed by atoms with E-state index in [2.05, 4.69) is 23.6 Å². The van der Waals surface area contributed by atoms with Crippen LogP contribution in [0.15, 0.2) is 18.2 Å². The second-order valence-electron chi connectivity index (χ2n) is 3.02. The van der Waals surface area contributed by atoms with E-state index >= 15 is 0 Å². The van der Waals surface area contributed by atoms with Gasteiger partial charge in [0, 0.05) is 24.8 Å². The highest BCUT2D eigenvalue weighted by Gasteiger charge is 2.08. The van der Waals surface area contributed by atoms with Gasteiger partial charge in [-0.1, -0.05) is 0 Å². The van der Waals surface area contributed by atoms with Gasteiger partial charge in [0.05, 0.1) is 5.69 Å². The number of ether oxygens (including phenoxy) is 1. The van der Waals surface area contributed by atoms with Crippen molar-refractivity contribution in [3.63, 3.8) is 0 Å². The first-order valence-electron chi connectivity index (χ1n) is 4.65. The Balaban J connectivity index is 2.24. The van der Waals surface area contributed by atoms with Crippen LogP contribution in [-0.4, -0.2) is 19.7 Å². The fraction of sp³-hybridized carbons (Fsp3) is 0.400. The van der Waals surface area contributed by atoms with Gasteiger partial charge in [-0.2, -0.15) is 0 Å². The maximum absolute atomic E-state index is 5.51. The molecule has 0 aliphatic carbocycles. The Kier molecular flexibility index (Phi) is 2.25. The van der Waals surface area contributed by atoms with E-state index in [0.717, 1.165) is 36.8 Å². The molecule has 0 saturated heterocycles. The summed E-state index contributed by atoms with van der Waals surface area (Å²) in [6, 6.07) is 6.14. The molecule has 0 amide bonds. The standard InChI is InChI=1S/C10H14N2O/c1-2-11-8-3-4-9-10(7-8)13-6-5-12-9/h3-4,7,11-12H,2,5-6H2,1H3. The molecule has 2 N–H and O–H groups in total. The molecule has 1 aliphatic rings. The maximum atomic E-state index is 5.51. The Morgan fingerprint density at radius 2 is 2.46 bits per heavy atom. The second-order valence-corrected chi connectivity index (χ2v) is 3.02. The minimum Gasteiger partial charge on any atom is -0.490 e. The lowest BCUT2D eigenvalue weighted by Gasteiger charge is -2.19. The van der Waals surface area contributed by atoms with E-state index in [1.165, 1.54) is 0 Å². The molecule has 3 nitrogen and oxygen atoms in total. The molecule has 0 aromatic heterocycles. The van der Waals surface area contributed by atoms with Gasteiger partial charge >= 0.3 is 0 Å². The van der Waals surface area contributed by atoms with Gasteiger partial charge in [-0.15, -0.1) is 0 Å². The van der Waals surface area contributed by atoms with Crippen molar-refractivity contribution >= 4 is 11.4 Å². The van der Waals surface area contributed by atoms with Gasteiger partial charge in [0.15, 0.2) is 0 Å². The Morgan fingerprint density at radius 3 is 3.31 bits per heavy atom. The first kappa shape index (κ1) is 8.23. The fourth-order valence-electron chi connectivity index (χ4n) is 1.45. The highest BCUT2D eigenvalue weighted by atomic mass is 16.5. The average molecular weight is 178 g/mol. The zero-order valence-corrected chi connectivity index (χ0v) is 7.76. The van der Waals surface area contributed by atoms with Crippen molar-refractivity contribution in [1.82, 2.24) is 0 Å². The largest absolute Gasteiger partial charge is 0.490 e. The van der Waals surface area contributed by atoms with E-state index in [0.29, 0.717) is 0 Å². The molecule has 0 saturated carbocycles. The molecule has 3 heteroatoms. The minimum atomic E-state index is 0.753. The van der Waals surface area contributed by atoms with Crippen LogP contribution in [0.3, 0.4) is 0 Å². The topological polar surface area (TPSA) is 33.3 Å². The second kappa shape index (κ2) is 3.56. The van der Waals surface area contributed by atoms with Crippen molar-refractivity contribution in [1.29, 1.82) is 0 Å². The van der Waals surface area contributed by atoms with Crippen molar-refractivity contribution < 1.29 is 4.74 Å². The summed E-state index contributed by atoms with van der Waals surface area (Å²) < 4.78 is 5.51. The van der Waals surface area contributed by atoms with Gasteiger partial charge in [0.1, 0.15) is 12.4 Å². The Morgan fingerprint density at radius 1 is 1.54 bits per heavy atom. The minimum absolute atomic E-state index is 0.753. The zero-order chi connectivity index (χ0) is 9.10. The van der Waals surface area contributed by atoms with Crippen LogP contribution in [0, 0.1) is 0 Å². The first-order valence-corrected chi connectivity index (χ1v) is 4.65. The number of hydrogen-bond donors (Lipinski definition) is 2. The van der Waals surface area contributed by atoms with Crippen LogP contribution < -0.4 is 15.4 Å². The lowest BCUT2D eigenvalue weighted by atomic mass is 10.2. The summed E-state index contributed by atoms with van der Waals surface area (Å²) in [5.41, 5.74) is 2.21. The maximum Gasteiger partial charge on any atom is 0.144 e. The van der Waals surface area contributed by atoms with Crippen LogP contribution in [-0.2, 0) is 0 Å². The van der Waals surface area contributed by atoms with Crippen molar-refractivity contribution in [2.75, 3.05) is 30.3 Å². The summed E-state index contributed by atoms with van der Waals surface area (Å²) in [5.74, 6) is 0.949. The molecule has 1 aliphatic heterocycles. The van der Waals surface area contributed by atoms with Gasteiger partial charge in [-0.05, 0) is 19.1 Å². The fourth-order valence-corrected chi connectivity index (χ4v) is 1.45.